The van der Waals surface area contributed by atoms with Crippen molar-refractivity contribution >= 4 is 25.4 Å². The van der Waals surface area contributed by atoms with Crippen LogP contribution in [0, 0.1) is 62.6 Å². The van der Waals surface area contributed by atoms with Crippen molar-refractivity contribution < 1.29 is 23.8 Å². The Morgan fingerprint density at radius 3 is 1.86 bits per heavy atom. The van der Waals surface area contributed by atoms with Crippen LogP contribution in [0.2, 0.25) is 0 Å². The molecule has 5 atom stereocenters. The monoisotopic (exact) mass is 713 g/mol. The summed E-state index contributed by atoms with van der Waals surface area (Å²) >= 11 is 0. The Morgan fingerprint density at radius 2 is 1.45 bits per heavy atom. The van der Waals surface area contributed by atoms with Crippen molar-refractivity contribution in [3.63, 3.8) is 0 Å². The lowest BCUT2D eigenvalue weighted by Gasteiger charge is -2.54. The number of nitrogens with zero attached hydrogens (tertiary/aromatic N) is 7. The molecule has 3 heterocycles. The molecule has 1 aromatic carbocycles. The number of benzene rings is 1. The first kappa shape index (κ1) is 39.5. The molecular weight excluding hydrogens is 665 g/mol. The highest BCUT2D eigenvalue weighted by molar-refractivity contribution is 7.74. The van der Waals surface area contributed by atoms with Gasteiger partial charge in [-0.1, -0.05) is 56.9 Å². The molecule has 12 nitrogen and oxygen atoms in total. The number of hydrogen-bond acceptors (Lipinski definition) is 12. The maximum atomic E-state index is 15.4. The fraction of sp³-hybridized carbons (Fsp3) is 0.605. The van der Waals surface area contributed by atoms with Gasteiger partial charge in [-0.3, -0.25) is 4.79 Å². The van der Waals surface area contributed by atoms with Crippen LogP contribution >= 0.6 is 7.71 Å². The van der Waals surface area contributed by atoms with Crippen LogP contribution in [0.15, 0.2) is 40.2 Å². The second-order valence-electron chi connectivity index (χ2n) is 15.0. The van der Waals surface area contributed by atoms with Crippen LogP contribution in [0.1, 0.15) is 86.1 Å². The molecule has 3 fully saturated rings. The number of rotatable bonds is 9. The molecule has 2 saturated carbocycles. The molecule has 5 aliphatic rings. The van der Waals surface area contributed by atoms with Gasteiger partial charge in [-0.2, -0.15) is 15.8 Å². The largest absolute Gasteiger partial charge is 0.512 e. The molecule has 1 saturated heterocycles. The molecule has 13 heteroatoms. The van der Waals surface area contributed by atoms with E-state index in [2.05, 4.69) is 15.4 Å². The molecule has 1 aromatic rings. The smallest absolute Gasteiger partial charge is 0.362 e. The average molecular weight is 714 g/mol. The second-order valence-corrected chi connectivity index (χ2v) is 17.9. The molecule has 0 amide bonds. The van der Waals surface area contributed by atoms with E-state index in [0.29, 0.717) is 5.75 Å². The van der Waals surface area contributed by atoms with Gasteiger partial charge in [0.15, 0.2) is 5.41 Å². The van der Waals surface area contributed by atoms with Gasteiger partial charge in [0.2, 0.25) is 0 Å². The standard InChI is InChI=1S/C37H48N6O5P.CN/c1-23(2)42(24(3)4)49-37(33(45)48-10,29(22-40)25(20-38)21-39)35(32(44)47-9)30(31(41-49)34(5,6)7)36(35,26-16-18-28(46-8)19-17-26)43(49)27-14-12-11-13-15-27;1-2/h16-19,23-24,27,30H,11-15H2,1-10H3;/q+1;-1. The summed E-state index contributed by atoms with van der Waals surface area (Å²) in [7, 11) is 0.305. The Morgan fingerprint density at radius 1 is 0.922 bits per heavy atom. The van der Waals surface area contributed by atoms with Crippen LogP contribution in [0.3, 0.4) is 0 Å². The minimum absolute atomic E-state index is 0.150. The highest BCUT2D eigenvalue weighted by Gasteiger charge is 3.12. The molecule has 0 spiro atoms. The Hall–Kier alpha value is -4.32. The summed E-state index contributed by atoms with van der Waals surface area (Å²) in [4.78, 5) is 30.7. The predicted molar refractivity (Wildman–Crippen MR) is 191 cm³/mol. The summed E-state index contributed by atoms with van der Waals surface area (Å²) in [5.41, 5.74) is -3.09. The molecule has 0 radical (unpaired) electrons. The zero-order chi connectivity index (χ0) is 38.3. The van der Waals surface area contributed by atoms with E-state index in [9.17, 15) is 15.8 Å². The molecule has 5 unspecified atom stereocenters. The number of ether oxygens (including phenoxy) is 3. The first-order chi connectivity index (χ1) is 24.2. The number of allylic oxidation sites excluding steroid dienone is 1. The number of esters is 2. The third-order valence-electron chi connectivity index (χ3n) is 11.1. The molecule has 3 aliphatic heterocycles. The van der Waals surface area contributed by atoms with Gasteiger partial charge in [-0.15, -0.1) is 9.34 Å². The fourth-order valence-electron chi connectivity index (χ4n) is 9.90. The van der Waals surface area contributed by atoms with Crippen LogP contribution in [-0.2, 0) is 24.6 Å². The van der Waals surface area contributed by atoms with Gasteiger partial charge < -0.3 is 26.0 Å². The van der Waals surface area contributed by atoms with Crippen LogP contribution in [0.5, 0.6) is 5.75 Å². The minimum atomic E-state index is -3.81. The Kier molecular flexibility index (Phi) is 10.8. The van der Waals surface area contributed by atoms with E-state index in [1.165, 1.54) is 14.2 Å². The first-order valence-corrected chi connectivity index (χ1v) is 18.9. The summed E-state index contributed by atoms with van der Waals surface area (Å²) in [6.45, 7) is 19.0. The highest BCUT2D eigenvalue weighted by atomic mass is 31.2. The number of nitriles is 3. The molecule has 4 bridgehead atoms. The Bertz CT molecular complexity index is 1750. The summed E-state index contributed by atoms with van der Waals surface area (Å²) in [6, 6.07) is 12.9. The number of carbonyl (C=O) groups excluding carboxylic acids is 2. The van der Waals surface area contributed by atoms with Crippen molar-refractivity contribution in [3.05, 3.63) is 47.5 Å². The Balaban J connectivity index is 0.00000286. The van der Waals surface area contributed by atoms with E-state index >= 15 is 9.59 Å². The highest BCUT2D eigenvalue weighted by Crippen LogP contribution is 3.04. The van der Waals surface area contributed by atoms with Crippen LogP contribution in [-0.4, -0.2) is 71.6 Å². The van der Waals surface area contributed by atoms with Crippen molar-refractivity contribution in [2.75, 3.05) is 21.3 Å². The van der Waals surface area contributed by atoms with Gasteiger partial charge in [0.05, 0.1) is 33.0 Å². The van der Waals surface area contributed by atoms with E-state index < -0.39 is 52.7 Å². The molecule has 51 heavy (non-hydrogen) atoms. The second kappa shape index (κ2) is 14.0. The van der Waals surface area contributed by atoms with Gasteiger partial charge in [-0.05, 0) is 58.2 Å². The van der Waals surface area contributed by atoms with E-state index in [1.807, 2.05) is 84.9 Å². The molecule has 6 rings (SSSR count). The van der Waals surface area contributed by atoms with E-state index in [1.54, 1.807) is 7.11 Å². The normalized spacial score (nSPS) is 29.4. The lowest BCUT2D eigenvalue weighted by atomic mass is 9.73. The summed E-state index contributed by atoms with van der Waals surface area (Å²) in [6.07, 6.45) is 4.47. The van der Waals surface area contributed by atoms with Crippen molar-refractivity contribution in [3.8, 4) is 24.0 Å². The first-order valence-electron chi connectivity index (χ1n) is 17.2. The number of hydrogen-bond donors (Lipinski definition) is 0. The fourth-order valence-corrected chi connectivity index (χ4v) is 16.3. The molecule has 2 aliphatic carbocycles. The van der Waals surface area contributed by atoms with Gasteiger partial charge in [0.1, 0.15) is 40.6 Å². The molecule has 270 valence electrons. The van der Waals surface area contributed by atoms with E-state index in [4.69, 9.17) is 30.8 Å². The van der Waals surface area contributed by atoms with Gasteiger partial charge >= 0.3 is 19.7 Å². The summed E-state index contributed by atoms with van der Waals surface area (Å²) < 4.78 is 27.5. The van der Waals surface area contributed by atoms with Crippen LogP contribution in [0.4, 0.5) is 0 Å². The topological polar surface area (TPSA) is 176 Å². The van der Waals surface area contributed by atoms with Gasteiger partial charge in [0.25, 0.3) is 5.16 Å². The molecular formula is C38H48N7O5P. The zero-order valence-electron chi connectivity index (χ0n) is 31.3. The maximum Gasteiger partial charge on any atom is 0.362 e. The van der Waals surface area contributed by atoms with Gasteiger partial charge in [-0.25, -0.2) is 4.79 Å². The van der Waals surface area contributed by atoms with Crippen molar-refractivity contribution in [2.24, 2.45) is 21.5 Å². The number of carbonyl (C=O) groups is 2. The van der Waals surface area contributed by atoms with Crippen molar-refractivity contribution in [2.45, 2.75) is 109 Å². The lowest BCUT2D eigenvalue weighted by molar-refractivity contribution is -0.157. The van der Waals surface area contributed by atoms with Crippen molar-refractivity contribution in [1.82, 2.24) is 9.34 Å². The Labute approximate surface area is 302 Å². The SMILES string of the molecule is COC(=O)C12C3C(C(C)(C)C)=N[P+](N(C(C)C)C(C)C)(N(C4CCCCC4)C31c1ccc(OC)cc1)C2(C(=O)OC)C(C#N)=C(C#N)C#N.[C-]#N. The zero-order valence-corrected chi connectivity index (χ0v) is 32.2. The van der Waals surface area contributed by atoms with E-state index in [0.717, 1.165) is 43.4 Å². The quantitative estimate of drug-likeness (QED) is 0.117. The van der Waals surface area contributed by atoms with Crippen LogP contribution in [0.25, 0.3) is 0 Å². The van der Waals surface area contributed by atoms with Crippen LogP contribution < -0.4 is 4.74 Å². The number of methoxy groups -OCH3 is 3. The third kappa shape index (κ3) is 4.73. The van der Waals surface area contributed by atoms with E-state index in [-0.39, 0.29) is 23.7 Å². The maximum absolute atomic E-state index is 15.4. The van der Waals surface area contributed by atoms with Gasteiger partial charge in [0, 0.05) is 23.5 Å². The molecule has 0 N–H and O–H groups in total. The summed E-state index contributed by atoms with van der Waals surface area (Å²) in [5, 5.41) is 36.2. The predicted octanol–water partition coefficient (Wildman–Crippen LogP) is 6.59. The summed E-state index contributed by atoms with van der Waals surface area (Å²) in [5.74, 6) is -1.71. The van der Waals surface area contributed by atoms with Crippen molar-refractivity contribution in [1.29, 1.82) is 21.0 Å². The minimum Gasteiger partial charge on any atom is -0.512 e. The average Bonchev–Trinajstić information content (AvgIpc) is 3.72. The third-order valence-corrected chi connectivity index (χ3v) is 16.1. The molecule has 0 aromatic heterocycles. The lowest BCUT2D eigenvalue weighted by Crippen LogP contribution is -2.63.